The topological polar surface area (TPSA) is 76.0 Å². The number of nitrogens with zero attached hydrogens (tertiary/aromatic N) is 2. The Hall–Kier alpha value is -4.26. The summed E-state index contributed by atoms with van der Waals surface area (Å²) < 4.78 is 14.7. The molecule has 31 heavy (non-hydrogen) atoms. The summed E-state index contributed by atoms with van der Waals surface area (Å²) in [7, 11) is 0. The van der Waals surface area contributed by atoms with Crippen LogP contribution in [0.2, 0.25) is 0 Å². The van der Waals surface area contributed by atoms with Crippen molar-refractivity contribution in [1.29, 1.82) is 0 Å². The molecule has 1 aromatic heterocycles. The molecular weight excluding hydrogens is 395 g/mol. The molecule has 3 aromatic carbocycles. The Labute approximate surface area is 178 Å². The van der Waals surface area contributed by atoms with E-state index in [1.807, 2.05) is 60.7 Å². The van der Waals surface area contributed by atoms with Crippen molar-refractivity contribution in [2.75, 3.05) is 0 Å². The van der Waals surface area contributed by atoms with Gasteiger partial charge in [0.05, 0.1) is 12.1 Å². The van der Waals surface area contributed by atoms with Crippen LogP contribution in [-0.4, -0.2) is 21.6 Å². The minimum atomic E-state index is -0.550. The van der Waals surface area contributed by atoms with Gasteiger partial charge in [0.15, 0.2) is 0 Å². The van der Waals surface area contributed by atoms with Crippen LogP contribution in [0.4, 0.5) is 4.39 Å². The van der Waals surface area contributed by atoms with Crippen molar-refractivity contribution >= 4 is 11.8 Å². The summed E-state index contributed by atoms with van der Waals surface area (Å²) in [6.45, 7) is 0.496. The normalized spacial score (nSPS) is 10.5. The predicted octanol–water partition coefficient (Wildman–Crippen LogP) is 3.81. The Kier molecular flexibility index (Phi) is 5.84. The van der Waals surface area contributed by atoms with E-state index >= 15 is 0 Å². The number of hydrazine groups is 1. The number of halogens is 1. The summed E-state index contributed by atoms with van der Waals surface area (Å²) in [5, 5.41) is 4.59. The van der Waals surface area contributed by atoms with Crippen molar-refractivity contribution in [3.63, 3.8) is 0 Å². The fourth-order valence-corrected chi connectivity index (χ4v) is 3.10. The van der Waals surface area contributed by atoms with Gasteiger partial charge in [-0.2, -0.15) is 5.10 Å². The predicted molar refractivity (Wildman–Crippen MR) is 115 cm³/mol. The Bertz CT molecular complexity index is 1190. The molecular formula is C24H19FN4O2. The molecule has 0 radical (unpaired) electrons. The molecule has 0 fully saturated rings. The van der Waals surface area contributed by atoms with Gasteiger partial charge in [0.2, 0.25) is 0 Å². The number of hydrogen-bond donors (Lipinski definition) is 2. The van der Waals surface area contributed by atoms with Gasteiger partial charge in [0, 0.05) is 17.3 Å². The van der Waals surface area contributed by atoms with E-state index in [1.54, 1.807) is 10.9 Å². The molecule has 2 amide bonds. The molecule has 0 aliphatic heterocycles. The second-order valence-corrected chi connectivity index (χ2v) is 6.86. The average Bonchev–Trinajstić information content (AvgIpc) is 3.23. The van der Waals surface area contributed by atoms with Gasteiger partial charge in [0.1, 0.15) is 11.5 Å². The van der Waals surface area contributed by atoms with Crippen LogP contribution in [0.15, 0.2) is 91.1 Å². The molecule has 7 heteroatoms. The van der Waals surface area contributed by atoms with E-state index in [4.69, 9.17) is 0 Å². The van der Waals surface area contributed by atoms with E-state index in [0.29, 0.717) is 17.8 Å². The smallest absolute Gasteiger partial charge is 0.267 e. The number of carbonyl (C=O) groups is 2. The zero-order valence-corrected chi connectivity index (χ0v) is 16.5. The molecule has 4 rings (SSSR count). The molecule has 4 aromatic rings. The first-order valence-electron chi connectivity index (χ1n) is 9.63. The highest BCUT2D eigenvalue weighted by Gasteiger charge is 2.19. The molecule has 154 valence electrons. The van der Waals surface area contributed by atoms with Crippen molar-refractivity contribution in [1.82, 2.24) is 20.6 Å². The Balaban J connectivity index is 1.55. The summed E-state index contributed by atoms with van der Waals surface area (Å²) in [6.07, 6.45) is 1.65. The number of hydrogen-bond acceptors (Lipinski definition) is 3. The maximum atomic E-state index is 13.0. The molecule has 0 atom stereocenters. The van der Waals surface area contributed by atoms with Gasteiger partial charge in [-0.1, -0.05) is 60.7 Å². The van der Waals surface area contributed by atoms with Crippen LogP contribution >= 0.6 is 0 Å². The summed E-state index contributed by atoms with van der Waals surface area (Å²) in [4.78, 5) is 25.1. The van der Waals surface area contributed by atoms with Gasteiger partial charge in [0.25, 0.3) is 11.8 Å². The second-order valence-electron chi connectivity index (χ2n) is 6.86. The van der Waals surface area contributed by atoms with E-state index in [9.17, 15) is 14.0 Å². The van der Waals surface area contributed by atoms with Crippen molar-refractivity contribution in [2.24, 2.45) is 0 Å². The molecule has 0 spiro atoms. The lowest BCUT2D eigenvalue weighted by atomic mass is 10.1. The van der Waals surface area contributed by atoms with Crippen LogP contribution < -0.4 is 10.9 Å². The summed E-state index contributed by atoms with van der Waals surface area (Å²) >= 11 is 0. The molecule has 2 N–H and O–H groups in total. The fourth-order valence-electron chi connectivity index (χ4n) is 3.10. The van der Waals surface area contributed by atoms with E-state index in [1.165, 1.54) is 24.3 Å². The number of carbonyl (C=O) groups excluding carboxylic acids is 2. The van der Waals surface area contributed by atoms with Gasteiger partial charge in [-0.25, -0.2) is 4.39 Å². The third-order valence-electron chi connectivity index (χ3n) is 4.64. The molecule has 0 unspecified atom stereocenters. The molecule has 6 nitrogen and oxygen atoms in total. The third-order valence-corrected chi connectivity index (χ3v) is 4.64. The van der Waals surface area contributed by atoms with Crippen LogP contribution in [-0.2, 0) is 6.54 Å². The van der Waals surface area contributed by atoms with Gasteiger partial charge < -0.3 is 0 Å². The number of amides is 2. The van der Waals surface area contributed by atoms with E-state index < -0.39 is 17.6 Å². The molecule has 0 saturated carbocycles. The highest BCUT2D eigenvalue weighted by atomic mass is 19.1. The zero-order valence-electron chi connectivity index (χ0n) is 16.5. The van der Waals surface area contributed by atoms with Gasteiger partial charge in [-0.3, -0.25) is 25.1 Å². The number of rotatable bonds is 5. The Morgan fingerprint density at radius 3 is 2.10 bits per heavy atom. The minimum absolute atomic E-state index is 0.227. The van der Waals surface area contributed by atoms with Gasteiger partial charge in [-0.15, -0.1) is 0 Å². The average molecular weight is 414 g/mol. The van der Waals surface area contributed by atoms with Gasteiger partial charge >= 0.3 is 0 Å². The van der Waals surface area contributed by atoms with Crippen LogP contribution in [0, 0.1) is 5.82 Å². The summed E-state index contributed by atoms with van der Waals surface area (Å²) in [5.41, 5.74) is 7.65. The van der Waals surface area contributed by atoms with Crippen molar-refractivity contribution in [2.45, 2.75) is 6.54 Å². The molecule has 1 heterocycles. The van der Waals surface area contributed by atoms with Crippen LogP contribution in [0.25, 0.3) is 11.3 Å². The van der Waals surface area contributed by atoms with Crippen LogP contribution in [0.1, 0.15) is 26.3 Å². The van der Waals surface area contributed by atoms with Gasteiger partial charge in [-0.05, 0) is 29.8 Å². The van der Waals surface area contributed by atoms with Crippen molar-refractivity contribution in [3.8, 4) is 11.3 Å². The quantitative estimate of drug-likeness (QED) is 0.488. The second kappa shape index (κ2) is 9.04. The van der Waals surface area contributed by atoms with E-state index in [2.05, 4.69) is 16.0 Å². The minimum Gasteiger partial charge on any atom is -0.267 e. The maximum Gasteiger partial charge on any atom is 0.273 e. The lowest BCUT2D eigenvalue weighted by Crippen LogP contribution is -2.41. The molecule has 0 saturated heterocycles. The summed E-state index contributed by atoms with van der Waals surface area (Å²) in [5.74, 6) is -1.50. The zero-order chi connectivity index (χ0) is 21.6. The standard InChI is InChI=1S/C24H19FN4O2/c25-20-13-11-19(12-14-20)23(30)26-27-24(31)21-16-29(15-17-7-3-1-4-8-17)28-22(21)18-9-5-2-6-10-18/h1-14,16H,15H2,(H,26,30)(H,27,31). The summed E-state index contributed by atoms with van der Waals surface area (Å²) in [6, 6.07) is 24.1. The maximum absolute atomic E-state index is 13.0. The lowest BCUT2D eigenvalue weighted by molar-refractivity contribution is 0.0847. The van der Waals surface area contributed by atoms with Crippen molar-refractivity contribution < 1.29 is 14.0 Å². The first kappa shape index (κ1) is 20.0. The largest absolute Gasteiger partial charge is 0.273 e. The third kappa shape index (κ3) is 4.84. The number of aromatic nitrogens is 2. The molecule has 0 aliphatic carbocycles. The molecule has 0 bridgehead atoms. The van der Waals surface area contributed by atoms with E-state index in [-0.39, 0.29) is 5.56 Å². The highest BCUT2D eigenvalue weighted by Crippen LogP contribution is 2.22. The lowest BCUT2D eigenvalue weighted by Gasteiger charge is -2.07. The Morgan fingerprint density at radius 2 is 1.42 bits per heavy atom. The SMILES string of the molecule is O=C(NNC(=O)c1cn(Cc2ccccc2)nc1-c1ccccc1)c1ccc(F)cc1. The highest BCUT2D eigenvalue weighted by molar-refractivity contribution is 6.02. The van der Waals surface area contributed by atoms with Crippen molar-refractivity contribution in [3.05, 3.63) is 114 Å². The Morgan fingerprint density at radius 1 is 0.806 bits per heavy atom. The van der Waals surface area contributed by atoms with Crippen LogP contribution in [0.3, 0.4) is 0 Å². The fraction of sp³-hybridized carbons (Fsp3) is 0.0417. The van der Waals surface area contributed by atoms with Crippen LogP contribution in [0.5, 0.6) is 0 Å². The first-order chi connectivity index (χ1) is 15.1. The number of benzene rings is 3. The number of nitrogens with one attached hydrogen (secondary N) is 2. The monoisotopic (exact) mass is 414 g/mol. The van der Waals surface area contributed by atoms with E-state index in [0.717, 1.165) is 11.1 Å². The first-order valence-corrected chi connectivity index (χ1v) is 9.63. The molecule has 0 aliphatic rings.